The van der Waals surface area contributed by atoms with Crippen molar-refractivity contribution >= 4 is 17.4 Å². The minimum absolute atomic E-state index is 0.242. The zero-order valence-electron chi connectivity index (χ0n) is 14.7. The van der Waals surface area contributed by atoms with Crippen molar-refractivity contribution < 1.29 is 4.79 Å². The molecule has 0 atom stereocenters. The van der Waals surface area contributed by atoms with Gasteiger partial charge >= 0.3 is 0 Å². The molecule has 0 aliphatic rings. The third-order valence-corrected chi connectivity index (χ3v) is 3.81. The first kappa shape index (κ1) is 17.9. The van der Waals surface area contributed by atoms with E-state index in [1.165, 1.54) is 12.8 Å². The van der Waals surface area contributed by atoms with Crippen LogP contribution >= 0.6 is 0 Å². The first-order valence-electron chi connectivity index (χ1n) is 8.59. The van der Waals surface area contributed by atoms with Crippen molar-refractivity contribution in [3.63, 3.8) is 0 Å². The van der Waals surface area contributed by atoms with E-state index in [-0.39, 0.29) is 5.91 Å². The number of unbranched alkanes of at least 4 members (excludes halogenated alkanes) is 2. The molecule has 5 nitrogen and oxygen atoms in total. The summed E-state index contributed by atoms with van der Waals surface area (Å²) in [5.74, 6) is 0.792. The summed E-state index contributed by atoms with van der Waals surface area (Å²) in [6.45, 7) is 7.24. The number of rotatable bonds is 8. The summed E-state index contributed by atoms with van der Waals surface area (Å²) in [6, 6.07) is 11.3. The van der Waals surface area contributed by atoms with Gasteiger partial charge in [0.25, 0.3) is 5.91 Å². The maximum Gasteiger partial charge on any atom is 0.276 e. The number of anilines is 2. The third-order valence-electron chi connectivity index (χ3n) is 3.81. The Balaban J connectivity index is 1.98. The summed E-state index contributed by atoms with van der Waals surface area (Å²) in [5.41, 5.74) is 2.24. The van der Waals surface area contributed by atoms with E-state index in [9.17, 15) is 4.79 Å². The lowest BCUT2D eigenvalue weighted by molar-refractivity contribution is 0.102. The summed E-state index contributed by atoms with van der Waals surface area (Å²) >= 11 is 0. The molecule has 1 amide bonds. The number of carbonyl (C=O) groups is 1. The molecule has 2 aromatic rings. The van der Waals surface area contributed by atoms with Crippen molar-refractivity contribution in [2.24, 2.45) is 0 Å². The molecule has 0 saturated carbocycles. The van der Waals surface area contributed by atoms with E-state index >= 15 is 0 Å². The number of nitrogens with one attached hydrogen (secondary N) is 2. The van der Waals surface area contributed by atoms with Gasteiger partial charge in [-0.3, -0.25) is 4.79 Å². The van der Waals surface area contributed by atoms with Crippen molar-refractivity contribution in [2.75, 3.05) is 17.2 Å². The second kappa shape index (κ2) is 9.01. The van der Waals surface area contributed by atoms with Crippen molar-refractivity contribution in [1.29, 1.82) is 0 Å². The van der Waals surface area contributed by atoms with Crippen molar-refractivity contribution in [1.82, 2.24) is 10.2 Å². The maximum atomic E-state index is 12.4. The van der Waals surface area contributed by atoms with Crippen LogP contribution in [0.4, 0.5) is 11.5 Å². The van der Waals surface area contributed by atoms with Gasteiger partial charge in [-0.25, -0.2) is 0 Å². The van der Waals surface area contributed by atoms with Crippen LogP contribution < -0.4 is 10.6 Å². The Morgan fingerprint density at radius 1 is 1.08 bits per heavy atom. The van der Waals surface area contributed by atoms with E-state index in [0.717, 1.165) is 24.2 Å². The van der Waals surface area contributed by atoms with E-state index in [4.69, 9.17) is 0 Å². The van der Waals surface area contributed by atoms with Crippen LogP contribution in [-0.4, -0.2) is 22.6 Å². The van der Waals surface area contributed by atoms with Gasteiger partial charge in [-0.05, 0) is 36.1 Å². The second-order valence-electron chi connectivity index (χ2n) is 6.13. The topological polar surface area (TPSA) is 66.9 Å². The van der Waals surface area contributed by atoms with Crippen molar-refractivity contribution in [2.45, 2.75) is 46.0 Å². The largest absolute Gasteiger partial charge is 0.369 e. The Morgan fingerprint density at radius 2 is 1.88 bits per heavy atom. The molecule has 0 radical (unpaired) electrons. The molecule has 24 heavy (non-hydrogen) atoms. The van der Waals surface area contributed by atoms with E-state index in [2.05, 4.69) is 41.6 Å². The van der Waals surface area contributed by atoms with Gasteiger partial charge in [0.2, 0.25) is 0 Å². The summed E-state index contributed by atoms with van der Waals surface area (Å²) in [4.78, 5) is 12.4. The first-order valence-corrected chi connectivity index (χ1v) is 8.59. The molecule has 0 fully saturated rings. The highest BCUT2D eigenvalue weighted by Crippen LogP contribution is 2.24. The SMILES string of the molecule is CCCCCNc1ccc(C(=O)Nc2ccccc2C(C)C)nn1. The van der Waals surface area contributed by atoms with Crippen LogP contribution in [-0.2, 0) is 0 Å². The van der Waals surface area contributed by atoms with E-state index in [1.54, 1.807) is 12.1 Å². The lowest BCUT2D eigenvalue weighted by Gasteiger charge is -2.13. The zero-order chi connectivity index (χ0) is 17.4. The lowest BCUT2D eigenvalue weighted by atomic mass is 10.0. The number of hydrogen-bond donors (Lipinski definition) is 2. The lowest BCUT2D eigenvalue weighted by Crippen LogP contribution is -2.16. The average Bonchev–Trinajstić information content (AvgIpc) is 2.59. The van der Waals surface area contributed by atoms with Gasteiger partial charge < -0.3 is 10.6 Å². The molecule has 1 heterocycles. The van der Waals surface area contributed by atoms with Crippen LogP contribution in [0.25, 0.3) is 0 Å². The minimum Gasteiger partial charge on any atom is -0.369 e. The number of para-hydroxylation sites is 1. The molecule has 0 saturated heterocycles. The number of hydrogen-bond acceptors (Lipinski definition) is 4. The van der Waals surface area contributed by atoms with Gasteiger partial charge in [-0.2, -0.15) is 0 Å². The Kier molecular flexibility index (Phi) is 6.73. The van der Waals surface area contributed by atoms with Crippen LogP contribution in [0, 0.1) is 0 Å². The number of carbonyl (C=O) groups excluding carboxylic acids is 1. The van der Waals surface area contributed by atoms with Gasteiger partial charge in [0, 0.05) is 12.2 Å². The molecule has 0 spiro atoms. The molecule has 1 aromatic heterocycles. The van der Waals surface area contributed by atoms with Gasteiger partial charge in [-0.15, -0.1) is 10.2 Å². The van der Waals surface area contributed by atoms with Crippen LogP contribution in [0.5, 0.6) is 0 Å². The van der Waals surface area contributed by atoms with Crippen molar-refractivity contribution in [3.05, 3.63) is 47.7 Å². The van der Waals surface area contributed by atoms with Crippen LogP contribution in [0.1, 0.15) is 62.0 Å². The molecule has 128 valence electrons. The predicted molar refractivity (Wildman–Crippen MR) is 98.5 cm³/mol. The molecular formula is C19H26N4O. The molecule has 0 aliphatic heterocycles. The van der Waals surface area contributed by atoms with Gasteiger partial charge in [0.15, 0.2) is 5.69 Å². The highest BCUT2D eigenvalue weighted by atomic mass is 16.1. The van der Waals surface area contributed by atoms with Crippen LogP contribution in [0.2, 0.25) is 0 Å². The monoisotopic (exact) mass is 326 g/mol. The summed E-state index contributed by atoms with van der Waals surface area (Å²) in [7, 11) is 0. The molecule has 0 unspecified atom stereocenters. The Hall–Kier alpha value is -2.43. The standard InChI is InChI=1S/C19H26N4O/c1-4-5-8-13-20-18-12-11-17(22-23-18)19(24)21-16-10-7-6-9-15(16)14(2)3/h6-7,9-12,14H,4-5,8,13H2,1-3H3,(H,20,23)(H,21,24). The maximum absolute atomic E-state index is 12.4. The van der Waals surface area contributed by atoms with Gasteiger partial charge in [0.05, 0.1) is 0 Å². The smallest absolute Gasteiger partial charge is 0.276 e. The number of benzene rings is 1. The van der Waals surface area contributed by atoms with Crippen LogP contribution in [0.3, 0.4) is 0 Å². The molecular weight excluding hydrogens is 300 g/mol. The molecule has 0 bridgehead atoms. The van der Waals surface area contributed by atoms with Gasteiger partial charge in [0.1, 0.15) is 5.82 Å². The number of amides is 1. The summed E-state index contributed by atoms with van der Waals surface area (Å²) in [5, 5.41) is 14.2. The van der Waals surface area contributed by atoms with E-state index < -0.39 is 0 Å². The Labute approximate surface area is 143 Å². The summed E-state index contributed by atoms with van der Waals surface area (Å²) < 4.78 is 0. The molecule has 2 N–H and O–H groups in total. The average molecular weight is 326 g/mol. The Morgan fingerprint density at radius 3 is 2.54 bits per heavy atom. The molecule has 1 aromatic carbocycles. The first-order chi connectivity index (χ1) is 11.6. The molecule has 0 aliphatic carbocycles. The van der Waals surface area contributed by atoms with E-state index in [1.807, 2.05) is 24.3 Å². The van der Waals surface area contributed by atoms with Gasteiger partial charge in [-0.1, -0.05) is 51.8 Å². The van der Waals surface area contributed by atoms with Crippen molar-refractivity contribution in [3.8, 4) is 0 Å². The molecule has 2 rings (SSSR count). The normalized spacial score (nSPS) is 10.7. The third kappa shape index (κ3) is 5.05. The highest BCUT2D eigenvalue weighted by molar-refractivity contribution is 6.03. The number of nitrogens with zero attached hydrogens (tertiary/aromatic N) is 2. The zero-order valence-corrected chi connectivity index (χ0v) is 14.7. The minimum atomic E-state index is -0.242. The summed E-state index contributed by atoms with van der Waals surface area (Å²) in [6.07, 6.45) is 3.48. The fourth-order valence-corrected chi connectivity index (χ4v) is 2.44. The Bertz CT molecular complexity index is 653. The predicted octanol–water partition coefficient (Wildman–Crippen LogP) is 4.45. The fraction of sp³-hybridized carbons (Fsp3) is 0.421. The molecule has 5 heteroatoms. The number of aromatic nitrogens is 2. The van der Waals surface area contributed by atoms with E-state index in [0.29, 0.717) is 17.4 Å². The van der Waals surface area contributed by atoms with Crippen LogP contribution in [0.15, 0.2) is 36.4 Å². The quantitative estimate of drug-likeness (QED) is 0.703. The fourth-order valence-electron chi connectivity index (χ4n) is 2.44. The second-order valence-corrected chi connectivity index (χ2v) is 6.13. The highest BCUT2D eigenvalue weighted by Gasteiger charge is 2.12.